The van der Waals surface area contributed by atoms with Gasteiger partial charge in [-0.05, 0) is 17.7 Å². The molecule has 0 radical (unpaired) electrons. The van der Waals surface area contributed by atoms with E-state index in [1.54, 1.807) is 24.3 Å². The van der Waals surface area contributed by atoms with Gasteiger partial charge in [0.15, 0.2) is 6.61 Å². The van der Waals surface area contributed by atoms with Gasteiger partial charge in [0.25, 0.3) is 11.6 Å². The van der Waals surface area contributed by atoms with E-state index in [2.05, 4.69) is 10.6 Å². The van der Waals surface area contributed by atoms with Gasteiger partial charge in [0.2, 0.25) is 5.91 Å². The first-order valence-corrected chi connectivity index (χ1v) is 8.43. The molecular formula is C18H16ClN3O6. The molecule has 2 aromatic carbocycles. The molecule has 0 atom stereocenters. The zero-order valence-electron chi connectivity index (χ0n) is 14.5. The van der Waals surface area contributed by atoms with Crippen LogP contribution in [-0.2, 0) is 25.5 Å². The number of anilines is 1. The Hall–Kier alpha value is -3.46. The molecule has 0 aliphatic rings. The van der Waals surface area contributed by atoms with Gasteiger partial charge in [-0.1, -0.05) is 41.9 Å². The van der Waals surface area contributed by atoms with Crippen LogP contribution in [0.3, 0.4) is 0 Å². The van der Waals surface area contributed by atoms with Crippen molar-refractivity contribution in [2.24, 2.45) is 0 Å². The van der Waals surface area contributed by atoms with E-state index in [1.165, 1.54) is 12.1 Å². The minimum absolute atomic E-state index is 0.0772. The van der Waals surface area contributed by atoms with Gasteiger partial charge in [-0.15, -0.1) is 0 Å². The van der Waals surface area contributed by atoms with Gasteiger partial charge >= 0.3 is 5.97 Å². The molecule has 2 N–H and O–H groups in total. The second kappa shape index (κ2) is 10.0. The van der Waals surface area contributed by atoms with Gasteiger partial charge in [-0.3, -0.25) is 24.5 Å². The van der Waals surface area contributed by atoms with Crippen molar-refractivity contribution in [3.63, 3.8) is 0 Å². The van der Waals surface area contributed by atoms with Crippen molar-refractivity contribution >= 4 is 40.8 Å². The molecule has 0 heterocycles. The fraction of sp³-hybridized carbons (Fsp3) is 0.167. The number of halogens is 1. The predicted molar refractivity (Wildman–Crippen MR) is 101 cm³/mol. The lowest BCUT2D eigenvalue weighted by Gasteiger charge is -2.08. The summed E-state index contributed by atoms with van der Waals surface area (Å²) in [5, 5.41) is 15.8. The van der Waals surface area contributed by atoms with Crippen molar-refractivity contribution in [3.05, 3.63) is 69.2 Å². The van der Waals surface area contributed by atoms with Crippen molar-refractivity contribution in [1.29, 1.82) is 0 Å². The molecule has 28 heavy (non-hydrogen) atoms. The number of nitro benzene ring substituents is 1. The first-order valence-electron chi connectivity index (χ1n) is 8.05. The fourth-order valence-electron chi connectivity index (χ4n) is 2.16. The summed E-state index contributed by atoms with van der Waals surface area (Å²) in [4.78, 5) is 45.5. The highest BCUT2D eigenvalue weighted by molar-refractivity contribution is 6.31. The highest BCUT2D eigenvalue weighted by atomic mass is 35.5. The zero-order valence-corrected chi connectivity index (χ0v) is 15.3. The summed E-state index contributed by atoms with van der Waals surface area (Å²) >= 11 is 5.69. The highest BCUT2D eigenvalue weighted by Gasteiger charge is 2.17. The summed E-state index contributed by atoms with van der Waals surface area (Å²) in [5.41, 5.74) is 0.323. The molecule has 0 saturated carbocycles. The van der Waals surface area contributed by atoms with E-state index in [-0.39, 0.29) is 28.7 Å². The molecule has 0 fully saturated rings. The molecular weight excluding hydrogens is 390 g/mol. The smallest absolute Gasteiger partial charge is 0.325 e. The number of nitro groups is 1. The maximum Gasteiger partial charge on any atom is 0.325 e. The molecule has 0 saturated heterocycles. The Bertz CT molecular complexity index is 888. The quantitative estimate of drug-likeness (QED) is 0.393. The maximum atomic E-state index is 11.8. The molecule has 0 aliphatic heterocycles. The number of amides is 2. The number of esters is 1. The van der Waals surface area contributed by atoms with Gasteiger partial charge in [0, 0.05) is 11.1 Å². The van der Waals surface area contributed by atoms with Gasteiger partial charge in [0.05, 0.1) is 11.3 Å². The minimum atomic E-state index is -0.817. The Morgan fingerprint density at radius 3 is 2.46 bits per heavy atom. The minimum Gasteiger partial charge on any atom is -0.454 e. The second-order valence-corrected chi connectivity index (χ2v) is 6.00. The van der Waals surface area contributed by atoms with Crippen molar-refractivity contribution in [1.82, 2.24) is 5.32 Å². The Morgan fingerprint density at radius 2 is 1.79 bits per heavy atom. The van der Waals surface area contributed by atoms with E-state index in [4.69, 9.17) is 16.3 Å². The molecule has 0 aromatic heterocycles. The van der Waals surface area contributed by atoms with Gasteiger partial charge in [-0.25, -0.2) is 0 Å². The van der Waals surface area contributed by atoms with Crippen LogP contribution in [0.5, 0.6) is 0 Å². The molecule has 0 bridgehead atoms. The summed E-state index contributed by atoms with van der Waals surface area (Å²) in [6.45, 7) is -1.06. The van der Waals surface area contributed by atoms with E-state index in [0.717, 1.165) is 11.6 Å². The number of rotatable bonds is 8. The van der Waals surface area contributed by atoms with Crippen LogP contribution in [0, 0.1) is 10.1 Å². The Morgan fingerprint density at radius 1 is 1.07 bits per heavy atom. The number of carbonyl (C=O) groups excluding carboxylic acids is 3. The van der Waals surface area contributed by atoms with Crippen LogP contribution >= 0.6 is 11.6 Å². The largest absolute Gasteiger partial charge is 0.454 e. The van der Waals surface area contributed by atoms with Crippen molar-refractivity contribution in [2.45, 2.75) is 6.42 Å². The third kappa shape index (κ3) is 6.69. The number of ether oxygens (including phenoxy) is 1. The van der Waals surface area contributed by atoms with Gasteiger partial charge in [0.1, 0.15) is 12.2 Å². The van der Waals surface area contributed by atoms with E-state index in [9.17, 15) is 24.5 Å². The van der Waals surface area contributed by atoms with E-state index >= 15 is 0 Å². The van der Waals surface area contributed by atoms with Crippen LogP contribution in [0.1, 0.15) is 5.56 Å². The van der Waals surface area contributed by atoms with Crippen LogP contribution in [-0.4, -0.2) is 35.9 Å². The molecule has 2 amide bonds. The second-order valence-electron chi connectivity index (χ2n) is 5.57. The average Bonchev–Trinajstić information content (AvgIpc) is 2.66. The van der Waals surface area contributed by atoms with Crippen molar-refractivity contribution < 1.29 is 24.0 Å². The fourth-order valence-corrected chi connectivity index (χ4v) is 2.33. The normalized spacial score (nSPS) is 10.0. The molecule has 146 valence electrons. The third-order valence-electron chi connectivity index (χ3n) is 3.43. The van der Waals surface area contributed by atoms with Crippen molar-refractivity contribution in [3.8, 4) is 0 Å². The summed E-state index contributed by atoms with van der Waals surface area (Å²) in [6, 6.07) is 12.7. The van der Waals surface area contributed by atoms with Crippen LogP contribution in [0.2, 0.25) is 5.02 Å². The molecule has 0 spiro atoms. The Kier molecular flexibility index (Phi) is 7.46. The summed E-state index contributed by atoms with van der Waals surface area (Å²) < 4.78 is 4.74. The SMILES string of the molecule is O=C(Cc1ccccc1)NCC(=O)OCC(=O)Nc1ccc(Cl)cc1[N+](=O)[O-]. The topological polar surface area (TPSA) is 128 Å². The first kappa shape index (κ1) is 20.8. The molecule has 2 rings (SSSR count). The maximum absolute atomic E-state index is 11.8. The number of benzene rings is 2. The average molecular weight is 406 g/mol. The van der Waals surface area contributed by atoms with Crippen LogP contribution in [0.4, 0.5) is 11.4 Å². The monoisotopic (exact) mass is 405 g/mol. The Balaban J connectivity index is 1.76. The lowest BCUT2D eigenvalue weighted by molar-refractivity contribution is -0.383. The summed E-state index contributed by atoms with van der Waals surface area (Å²) in [7, 11) is 0. The number of carbonyl (C=O) groups is 3. The van der Waals surface area contributed by atoms with E-state index in [0.29, 0.717) is 0 Å². The number of hydrogen-bond donors (Lipinski definition) is 2. The predicted octanol–water partition coefficient (Wildman–Crippen LogP) is 2.09. The summed E-state index contributed by atoms with van der Waals surface area (Å²) in [5.74, 6) is -1.96. The van der Waals surface area contributed by atoms with E-state index < -0.39 is 30.0 Å². The Labute approximate surface area is 164 Å². The van der Waals surface area contributed by atoms with Gasteiger partial charge < -0.3 is 15.4 Å². The standard InChI is InChI=1S/C18H16ClN3O6/c19-13-6-7-14(15(9-13)22(26)27)21-17(24)11-28-18(25)10-20-16(23)8-12-4-2-1-3-5-12/h1-7,9H,8,10-11H2,(H,20,23)(H,21,24). The summed E-state index contributed by atoms with van der Waals surface area (Å²) in [6.07, 6.45) is 0.106. The molecule has 0 aliphatic carbocycles. The molecule has 10 heteroatoms. The van der Waals surface area contributed by atoms with E-state index in [1.807, 2.05) is 6.07 Å². The van der Waals surface area contributed by atoms with Crippen LogP contribution in [0.25, 0.3) is 0 Å². The highest BCUT2D eigenvalue weighted by Crippen LogP contribution is 2.27. The molecule has 2 aromatic rings. The lowest BCUT2D eigenvalue weighted by Crippen LogP contribution is -2.33. The van der Waals surface area contributed by atoms with Crippen LogP contribution in [0.15, 0.2) is 48.5 Å². The number of nitrogens with one attached hydrogen (secondary N) is 2. The lowest BCUT2D eigenvalue weighted by atomic mass is 10.1. The number of nitrogens with zero attached hydrogens (tertiary/aromatic N) is 1. The molecule has 9 nitrogen and oxygen atoms in total. The van der Waals surface area contributed by atoms with Gasteiger partial charge in [-0.2, -0.15) is 0 Å². The third-order valence-corrected chi connectivity index (χ3v) is 3.67. The van der Waals surface area contributed by atoms with Crippen molar-refractivity contribution in [2.75, 3.05) is 18.5 Å². The molecule has 0 unspecified atom stereocenters. The zero-order chi connectivity index (χ0) is 20.5. The first-order chi connectivity index (χ1) is 13.3. The van der Waals surface area contributed by atoms with Crippen LogP contribution < -0.4 is 10.6 Å². The number of hydrogen-bond acceptors (Lipinski definition) is 6.